The van der Waals surface area contributed by atoms with E-state index in [2.05, 4.69) is 9.97 Å². The fourth-order valence-corrected chi connectivity index (χ4v) is 1.45. The highest BCUT2D eigenvalue weighted by Gasteiger charge is 2.15. The van der Waals surface area contributed by atoms with E-state index in [1.54, 1.807) is 0 Å². The number of nitrogens with zero attached hydrogens (tertiary/aromatic N) is 2. The van der Waals surface area contributed by atoms with Gasteiger partial charge in [0.1, 0.15) is 10.8 Å². The smallest absolute Gasteiger partial charge is 0.267 e. The first kappa shape index (κ1) is 10.9. The monoisotopic (exact) mass is 235 g/mol. The Morgan fingerprint density at radius 3 is 2.50 bits per heavy atom. The molecule has 0 radical (unpaired) electrons. The Bertz CT molecular complexity index is 485. The van der Waals surface area contributed by atoms with Crippen LogP contribution in [0.1, 0.15) is 10.5 Å². The Hall–Kier alpha value is -1.21. The van der Waals surface area contributed by atoms with Gasteiger partial charge in [-0.25, -0.2) is 18.4 Å². The molecule has 0 saturated carbocycles. The molecule has 14 heavy (non-hydrogen) atoms. The molecule has 1 aromatic heterocycles. The van der Waals surface area contributed by atoms with Crippen LogP contribution in [0.15, 0.2) is 11.2 Å². The average Bonchev–Trinajstić information content (AvgIpc) is 2.01. The Labute approximate surface area is 85.0 Å². The summed E-state index contributed by atoms with van der Waals surface area (Å²) in [5.41, 5.74) is 4.68. The number of primary amides is 1. The molecule has 1 rings (SSSR count). The molecule has 0 spiro atoms. The lowest BCUT2D eigenvalue weighted by molar-refractivity contribution is 0.0994. The third-order valence-electron chi connectivity index (χ3n) is 1.26. The summed E-state index contributed by atoms with van der Waals surface area (Å²) in [6.07, 6.45) is 0.906. The second-order valence-corrected chi connectivity index (χ2v) is 4.79. The SMILES string of the molecule is CS(=O)(=O)c1nc(Cl)cc(C(N)=O)n1. The molecule has 0 aliphatic carbocycles. The third-order valence-corrected chi connectivity index (χ3v) is 2.30. The summed E-state index contributed by atoms with van der Waals surface area (Å²) in [7, 11) is -3.60. The molecule has 0 saturated heterocycles. The van der Waals surface area contributed by atoms with Crippen molar-refractivity contribution in [3.8, 4) is 0 Å². The summed E-state index contributed by atoms with van der Waals surface area (Å²) in [6, 6.07) is 1.10. The van der Waals surface area contributed by atoms with Gasteiger partial charge in [0.25, 0.3) is 5.91 Å². The fourth-order valence-electron chi connectivity index (χ4n) is 0.689. The normalized spacial score (nSPS) is 11.3. The molecule has 0 aliphatic rings. The summed E-state index contributed by atoms with van der Waals surface area (Å²) in [4.78, 5) is 17.6. The van der Waals surface area contributed by atoms with Crippen LogP contribution in [0.4, 0.5) is 0 Å². The van der Waals surface area contributed by atoms with E-state index in [9.17, 15) is 13.2 Å². The van der Waals surface area contributed by atoms with Gasteiger partial charge in [0, 0.05) is 12.3 Å². The van der Waals surface area contributed by atoms with Crippen LogP contribution in [0.5, 0.6) is 0 Å². The molecule has 0 fully saturated rings. The molecule has 1 amide bonds. The standard InChI is InChI=1S/C6H6ClN3O3S/c1-14(12,13)6-9-3(5(8)11)2-4(7)10-6/h2H,1H3,(H2,8,11). The van der Waals surface area contributed by atoms with Gasteiger partial charge in [0.05, 0.1) is 0 Å². The van der Waals surface area contributed by atoms with Gasteiger partial charge < -0.3 is 5.73 Å². The molecule has 1 aromatic rings. The van der Waals surface area contributed by atoms with Crippen molar-refractivity contribution in [1.82, 2.24) is 9.97 Å². The van der Waals surface area contributed by atoms with Gasteiger partial charge in [-0.3, -0.25) is 4.79 Å². The van der Waals surface area contributed by atoms with Gasteiger partial charge in [0.15, 0.2) is 0 Å². The van der Waals surface area contributed by atoms with E-state index in [4.69, 9.17) is 17.3 Å². The van der Waals surface area contributed by atoms with Crippen molar-refractivity contribution in [2.45, 2.75) is 5.16 Å². The van der Waals surface area contributed by atoms with E-state index in [1.165, 1.54) is 0 Å². The molecular formula is C6H6ClN3O3S. The van der Waals surface area contributed by atoms with E-state index >= 15 is 0 Å². The highest BCUT2D eigenvalue weighted by Crippen LogP contribution is 2.10. The number of aromatic nitrogens is 2. The van der Waals surface area contributed by atoms with Crippen LogP contribution in [0.25, 0.3) is 0 Å². The van der Waals surface area contributed by atoms with Gasteiger partial charge in [-0.2, -0.15) is 0 Å². The summed E-state index contributed by atoms with van der Waals surface area (Å²) in [6.45, 7) is 0. The quantitative estimate of drug-likeness (QED) is 0.557. The molecular weight excluding hydrogens is 230 g/mol. The minimum absolute atomic E-state index is 0.144. The molecule has 0 aromatic carbocycles. The van der Waals surface area contributed by atoms with Gasteiger partial charge in [0.2, 0.25) is 15.0 Å². The lowest BCUT2D eigenvalue weighted by Crippen LogP contribution is -2.16. The number of hydrogen-bond acceptors (Lipinski definition) is 5. The Morgan fingerprint density at radius 1 is 1.50 bits per heavy atom. The van der Waals surface area contributed by atoms with Crippen molar-refractivity contribution in [2.75, 3.05) is 6.26 Å². The lowest BCUT2D eigenvalue weighted by Gasteiger charge is -1.99. The Morgan fingerprint density at radius 2 is 2.07 bits per heavy atom. The number of carbonyl (C=O) groups is 1. The number of halogens is 1. The number of carbonyl (C=O) groups excluding carboxylic acids is 1. The second kappa shape index (κ2) is 3.50. The zero-order valence-electron chi connectivity index (χ0n) is 7.06. The maximum absolute atomic E-state index is 11.0. The average molecular weight is 236 g/mol. The van der Waals surface area contributed by atoms with Gasteiger partial charge >= 0.3 is 0 Å². The number of hydrogen-bond donors (Lipinski definition) is 1. The highest BCUT2D eigenvalue weighted by atomic mass is 35.5. The molecule has 0 unspecified atom stereocenters. The molecule has 0 bridgehead atoms. The van der Waals surface area contributed by atoms with Crippen molar-refractivity contribution >= 4 is 27.3 Å². The number of nitrogens with two attached hydrogens (primary N) is 1. The van der Waals surface area contributed by atoms with Crippen molar-refractivity contribution in [3.63, 3.8) is 0 Å². The predicted octanol–water partition coefficient (Wildman–Crippen LogP) is -0.368. The second-order valence-electron chi connectivity index (χ2n) is 2.49. The largest absolute Gasteiger partial charge is 0.364 e. The number of sulfone groups is 1. The number of amides is 1. The molecule has 76 valence electrons. The molecule has 6 nitrogen and oxygen atoms in total. The Balaban J connectivity index is 3.43. The molecule has 2 N–H and O–H groups in total. The predicted molar refractivity (Wildman–Crippen MR) is 48.7 cm³/mol. The maximum Gasteiger partial charge on any atom is 0.267 e. The van der Waals surface area contributed by atoms with Crippen molar-refractivity contribution in [1.29, 1.82) is 0 Å². The Kier molecular flexibility index (Phi) is 2.72. The summed E-state index contributed by atoms with van der Waals surface area (Å²) in [5.74, 6) is -0.862. The highest BCUT2D eigenvalue weighted by molar-refractivity contribution is 7.90. The fraction of sp³-hybridized carbons (Fsp3) is 0.167. The van der Waals surface area contributed by atoms with Crippen LogP contribution in [0.3, 0.4) is 0 Å². The van der Waals surface area contributed by atoms with E-state index < -0.39 is 20.9 Å². The van der Waals surface area contributed by atoms with Gasteiger partial charge in [-0.05, 0) is 0 Å². The van der Waals surface area contributed by atoms with E-state index in [1.807, 2.05) is 0 Å². The van der Waals surface area contributed by atoms with Crippen molar-refractivity contribution in [2.24, 2.45) is 5.73 Å². The molecule has 8 heteroatoms. The summed E-state index contributed by atoms with van der Waals surface area (Å²) < 4.78 is 22.0. The summed E-state index contributed by atoms with van der Waals surface area (Å²) >= 11 is 5.48. The number of rotatable bonds is 2. The minimum Gasteiger partial charge on any atom is -0.364 e. The van der Waals surface area contributed by atoms with Gasteiger partial charge in [-0.1, -0.05) is 11.6 Å². The molecule has 0 atom stereocenters. The van der Waals surface area contributed by atoms with Crippen LogP contribution >= 0.6 is 11.6 Å². The zero-order valence-corrected chi connectivity index (χ0v) is 8.63. The van der Waals surface area contributed by atoms with Crippen LogP contribution < -0.4 is 5.73 Å². The van der Waals surface area contributed by atoms with Crippen LogP contribution in [0.2, 0.25) is 5.15 Å². The van der Waals surface area contributed by atoms with Crippen molar-refractivity contribution in [3.05, 3.63) is 16.9 Å². The van der Waals surface area contributed by atoms with Crippen molar-refractivity contribution < 1.29 is 13.2 Å². The maximum atomic E-state index is 11.0. The first-order valence-electron chi connectivity index (χ1n) is 3.35. The third kappa shape index (κ3) is 2.39. The molecule has 1 heterocycles. The first-order valence-corrected chi connectivity index (χ1v) is 5.62. The molecule has 0 aliphatic heterocycles. The van der Waals surface area contributed by atoms with Gasteiger partial charge in [-0.15, -0.1) is 0 Å². The topological polar surface area (TPSA) is 103 Å². The van der Waals surface area contributed by atoms with E-state index in [0.717, 1.165) is 12.3 Å². The minimum atomic E-state index is -3.60. The van der Waals surface area contributed by atoms with Crippen LogP contribution in [-0.4, -0.2) is 30.5 Å². The van der Waals surface area contributed by atoms with E-state index in [0.29, 0.717) is 0 Å². The van der Waals surface area contributed by atoms with E-state index in [-0.39, 0.29) is 10.8 Å². The summed E-state index contributed by atoms with van der Waals surface area (Å²) in [5, 5.41) is -0.659. The van der Waals surface area contributed by atoms with Crippen LogP contribution in [-0.2, 0) is 9.84 Å². The lowest BCUT2D eigenvalue weighted by atomic mass is 10.4. The van der Waals surface area contributed by atoms with Crippen LogP contribution in [0, 0.1) is 0 Å². The zero-order chi connectivity index (χ0) is 10.9. The first-order chi connectivity index (χ1) is 6.30.